The normalized spacial score (nSPS) is 12.9. The molecule has 0 fully saturated rings. The van der Waals surface area contributed by atoms with Crippen molar-refractivity contribution in [1.29, 1.82) is 5.26 Å². The number of hydrazine groups is 1. The first kappa shape index (κ1) is 26.2. The maximum absolute atomic E-state index is 12.0. The van der Waals surface area contributed by atoms with Crippen LogP contribution in [0.1, 0.15) is 64.9 Å². The topological polar surface area (TPSA) is 104 Å². The molecule has 1 aromatic carbocycles. The van der Waals surface area contributed by atoms with Gasteiger partial charge < -0.3 is 4.74 Å². The first-order valence-corrected chi connectivity index (χ1v) is 11.0. The van der Waals surface area contributed by atoms with Crippen LogP contribution in [0.25, 0.3) is 0 Å². The number of nitriles is 1. The Kier molecular flexibility index (Phi) is 12.7. The highest BCUT2D eigenvalue weighted by Gasteiger charge is 2.22. The molecule has 2 unspecified atom stereocenters. The van der Waals surface area contributed by atoms with Gasteiger partial charge in [-0.05, 0) is 31.1 Å². The summed E-state index contributed by atoms with van der Waals surface area (Å²) < 4.78 is 5.31. The second-order valence-electron chi connectivity index (χ2n) is 7.93. The summed E-state index contributed by atoms with van der Waals surface area (Å²) in [5, 5.41) is 9.27. The Morgan fingerprint density at radius 2 is 1.94 bits per heavy atom. The third-order valence-electron chi connectivity index (χ3n) is 5.01. The summed E-state index contributed by atoms with van der Waals surface area (Å²) in [4.78, 5) is 28.0. The first-order chi connectivity index (χ1) is 14.8. The van der Waals surface area contributed by atoms with Crippen LogP contribution in [-0.4, -0.2) is 30.5 Å². The fourth-order valence-electron chi connectivity index (χ4n) is 3.33. The van der Waals surface area contributed by atoms with Gasteiger partial charge >= 0.3 is 5.97 Å². The van der Waals surface area contributed by atoms with E-state index in [2.05, 4.69) is 23.7 Å². The second kappa shape index (κ2) is 15.1. The summed E-state index contributed by atoms with van der Waals surface area (Å²) in [6, 6.07) is 9.55. The van der Waals surface area contributed by atoms with Crippen molar-refractivity contribution < 1.29 is 14.3 Å². The molecule has 0 aliphatic heterocycles. The van der Waals surface area contributed by atoms with E-state index in [-0.39, 0.29) is 43.5 Å². The second-order valence-corrected chi connectivity index (χ2v) is 7.93. The van der Waals surface area contributed by atoms with Gasteiger partial charge in [0.15, 0.2) is 0 Å². The number of hydrogen-bond acceptors (Lipinski definition) is 5. The van der Waals surface area contributed by atoms with Gasteiger partial charge in [-0.2, -0.15) is 0 Å². The van der Waals surface area contributed by atoms with Gasteiger partial charge in [0, 0.05) is 31.8 Å². The van der Waals surface area contributed by atoms with E-state index in [1.807, 2.05) is 44.1 Å². The number of amides is 1. The summed E-state index contributed by atoms with van der Waals surface area (Å²) >= 11 is 0. The van der Waals surface area contributed by atoms with E-state index < -0.39 is 0 Å². The highest BCUT2D eigenvalue weighted by Crippen LogP contribution is 2.24. The number of nitrogens with one attached hydrogen (secondary N) is 2. The van der Waals surface area contributed by atoms with Gasteiger partial charge in [0.1, 0.15) is 12.4 Å². The van der Waals surface area contributed by atoms with E-state index in [0.29, 0.717) is 18.7 Å². The zero-order chi connectivity index (χ0) is 23.1. The highest BCUT2D eigenvalue weighted by molar-refractivity contribution is 6.67. The fraction of sp³-hybridized carbons (Fsp3) is 0.565. The Morgan fingerprint density at radius 3 is 2.55 bits per heavy atom. The Balaban J connectivity index is 2.58. The maximum Gasteiger partial charge on any atom is 0.306 e. The number of aliphatic imine (C=N–C) groups is 1. The van der Waals surface area contributed by atoms with Gasteiger partial charge in [0.25, 0.3) is 6.71 Å². The van der Waals surface area contributed by atoms with Gasteiger partial charge in [0.05, 0.1) is 0 Å². The minimum Gasteiger partial charge on any atom is -0.461 e. The monoisotopic (exact) mass is 426 g/mol. The molecule has 7 nitrogen and oxygen atoms in total. The molecule has 1 amide bonds. The molecule has 2 atom stereocenters. The molecule has 1 rings (SSSR count). The standard InChI is InChI=1S/C23H35BN4O3/c1-5-10-21(24(4)17-25)15-18(2)26-22(28-27-19(3)29)13-9-14-23(30)31-16-20-11-7-6-8-12-20/h6-8,11-12,18,21H,5,9-10,13-16H2,1-4H3,(H,26,28)(H,27,29). The largest absolute Gasteiger partial charge is 0.461 e. The van der Waals surface area contributed by atoms with Gasteiger partial charge in [-0.1, -0.05) is 56.9 Å². The van der Waals surface area contributed by atoms with Crippen LogP contribution >= 0.6 is 0 Å². The molecule has 8 heteroatoms. The van der Waals surface area contributed by atoms with Crippen LogP contribution in [0, 0.1) is 11.2 Å². The number of carbonyl (C=O) groups is 2. The molecule has 0 aliphatic rings. The van der Waals surface area contributed by atoms with E-state index >= 15 is 0 Å². The highest BCUT2D eigenvalue weighted by atomic mass is 16.5. The van der Waals surface area contributed by atoms with E-state index in [1.54, 1.807) is 0 Å². The number of rotatable bonds is 12. The van der Waals surface area contributed by atoms with E-state index in [1.165, 1.54) is 6.92 Å². The number of benzene rings is 1. The molecule has 2 N–H and O–H groups in total. The number of nitrogens with zero attached hydrogens (tertiary/aromatic N) is 2. The maximum atomic E-state index is 12.0. The SMILES string of the molecule is CCCC(CC(C)N=C(CCCC(=O)OCc1ccccc1)NNC(C)=O)B(C)C#N. The molecule has 0 saturated heterocycles. The van der Waals surface area contributed by atoms with Gasteiger partial charge in [-0.15, -0.1) is 0 Å². The van der Waals surface area contributed by atoms with Crippen molar-refractivity contribution in [2.75, 3.05) is 0 Å². The third kappa shape index (κ3) is 11.8. The quantitative estimate of drug-likeness (QED) is 0.172. The van der Waals surface area contributed by atoms with Crippen molar-refractivity contribution in [3.8, 4) is 5.97 Å². The number of ether oxygens (including phenoxy) is 1. The van der Waals surface area contributed by atoms with Crippen molar-refractivity contribution in [2.45, 2.75) is 84.6 Å². The van der Waals surface area contributed by atoms with Crippen LogP contribution in [0.3, 0.4) is 0 Å². The molecule has 168 valence electrons. The van der Waals surface area contributed by atoms with Crippen LogP contribution in [-0.2, 0) is 20.9 Å². The van der Waals surface area contributed by atoms with Gasteiger partial charge in [-0.25, -0.2) is 5.26 Å². The lowest BCUT2D eigenvalue weighted by Crippen LogP contribution is -2.41. The molecule has 0 bridgehead atoms. The molecular formula is C23H35BN4O3. The molecule has 0 aliphatic carbocycles. The summed E-state index contributed by atoms with van der Waals surface area (Å²) in [5.41, 5.74) is 6.37. The van der Waals surface area contributed by atoms with Crippen LogP contribution in [0.15, 0.2) is 35.3 Å². The molecule has 0 heterocycles. The lowest BCUT2D eigenvalue weighted by molar-refractivity contribution is -0.145. The summed E-state index contributed by atoms with van der Waals surface area (Å²) in [6.07, 6.45) is 4.14. The zero-order valence-electron chi connectivity index (χ0n) is 19.2. The zero-order valence-corrected chi connectivity index (χ0v) is 19.2. The molecule has 31 heavy (non-hydrogen) atoms. The summed E-state index contributed by atoms with van der Waals surface area (Å²) in [6.45, 7) is 7.73. The van der Waals surface area contributed by atoms with Crippen molar-refractivity contribution >= 4 is 24.4 Å². The minimum atomic E-state index is -0.262. The lowest BCUT2D eigenvalue weighted by Gasteiger charge is -2.20. The van der Waals surface area contributed by atoms with Crippen LogP contribution in [0.5, 0.6) is 0 Å². The minimum absolute atomic E-state index is 0.00589. The predicted octanol–water partition coefficient (Wildman–Crippen LogP) is 4.08. The Hall–Kier alpha value is -2.82. The number of hydrogen-bond donors (Lipinski definition) is 2. The molecule has 0 spiro atoms. The first-order valence-electron chi connectivity index (χ1n) is 11.0. The Morgan fingerprint density at radius 1 is 1.23 bits per heavy atom. The van der Waals surface area contributed by atoms with E-state index in [0.717, 1.165) is 24.8 Å². The summed E-state index contributed by atoms with van der Waals surface area (Å²) in [5.74, 6) is 2.77. The fourth-order valence-corrected chi connectivity index (χ4v) is 3.33. The molecule has 0 radical (unpaired) electrons. The van der Waals surface area contributed by atoms with Crippen LogP contribution in [0.4, 0.5) is 0 Å². The number of esters is 1. The van der Waals surface area contributed by atoms with Crippen molar-refractivity contribution in [2.24, 2.45) is 4.99 Å². The molecule has 0 saturated carbocycles. The molecular weight excluding hydrogens is 391 g/mol. The van der Waals surface area contributed by atoms with Gasteiger partial charge in [-0.3, -0.25) is 25.4 Å². The lowest BCUT2D eigenvalue weighted by atomic mass is 9.42. The Labute approximate surface area is 186 Å². The number of amidine groups is 1. The Bertz CT molecular complexity index is 749. The van der Waals surface area contributed by atoms with Crippen molar-refractivity contribution in [3.05, 3.63) is 35.9 Å². The van der Waals surface area contributed by atoms with Crippen molar-refractivity contribution in [1.82, 2.24) is 10.9 Å². The smallest absolute Gasteiger partial charge is 0.306 e. The van der Waals surface area contributed by atoms with E-state index in [4.69, 9.17) is 9.73 Å². The van der Waals surface area contributed by atoms with Crippen LogP contribution < -0.4 is 10.9 Å². The molecule has 0 aromatic heterocycles. The van der Waals surface area contributed by atoms with Gasteiger partial charge in [0.2, 0.25) is 5.91 Å². The molecule has 1 aromatic rings. The van der Waals surface area contributed by atoms with E-state index in [9.17, 15) is 14.9 Å². The predicted molar refractivity (Wildman–Crippen MR) is 124 cm³/mol. The third-order valence-corrected chi connectivity index (χ3v) is 5.01. The van der Waals surface area contributed by atoms with Crippen LogP contribution in [0.2, 0.25) is 12.6 Å². The average molecular weight is 426 g/mol. The van der Waals surface area contributed by atoms with Crippen molar-refractivity contribution in [3.63, 3.8) is 0 Å². The summed E-state index contributed by atoms with van der Waals surface area (Å²) in [7, 11) is 0. The average Bonchev–Trinajstić information content (AvgIpc) is 2.75. The number of carbonyl (C=O) groups excluding carboxylic acids is 2.